The van der Waals surface area contributed by atoms with Crippen LogP contribution >= 0.6 is 0 Å². The molecular weight excluding hydrogens is 240 g/mol. The summed E-state index contributed by atoms with van der Waals surface area (Å²) in [5.41, 5.74) is 1.29. The third-order valence-corrected chi connectivity index (χ3v) is 2.97. The maximum atomic E-state index is 11.3. The minimum atomic E-state index is -0.273. The number of carbonyl (C=O) groups is 1. The van der Waals surface area contributed by atoms with Gasteiger partial charge in [0.1, 0.15) is 6.04 Å². The fourth-order valence-electron chi connectivity index (χ4n) is 2.15. The van der Waals surface area contributed by atoms with Gasteiger partial charge in [-0.05, 0) is 26.5 Å². The van der Waals surface area contributed by atoms with Gasteiger partial charge in [0.15, 0.2) is 0 Å². The maximum Gasteiger partial charge on any atom is 0.322 e. The van der Waals surface area contributed by atoms with Crippen molar-refractivity contribution in [2.45, 2.75) is 32.5 Å². The van der Waals surface area contributed by atoms with Crippen molar-refractivity contribution in [1.82, 2.24) is 10.2 Å². The number of likely N-dealkylation sites (N-methyl/N-ethyl adjacent to an activating group) is 1. The lowest BCUT2D eigenvalue weighted by molar-refractivity contribution is -0.142. The Morgan fingerprint density at radius 3 is 2.53 bits per heavy atom. The molecule has 0 spiro atoms. The number of methoxy groups -OCH3 is 1. The second kappa shape index (κ2) is 7.92. The number of nitrogens with one attached hydrogen (secondary N) is 1. The molecule has 0 radical (unpaired) electrons. The van der Waals surface area contributed by atoms with E-state index >= 15 is 0 Å². The number of nitrogens with zero attached hydrogens (tertiary/aromatic N) is 1. The van der Waals surface area contributed by atoms with E-state index in [1.165, 1.54) is 12.7 Å². The van der Waals surface area contributed by atoms with Crippen molar-refractivity contribution < 1.29 is 9.53 Å². The Labute approximate surface area is 115 Å². The maximum absolute atomic E-state index is 11.3. The van der Waals surface area contributed by atoms with E-state index in [0.717, 1.165) is 13.1 Å². The van der Waals surface area contributed by atoms with E-state index in [4.69, 9.17) is 4.74 Å². The number of esters is 1. The second-order valence-electron chi connectivity index (χ2n) is 4.99. The van der Waals surface area contributed by atoms with Gasteiger partial charge in [-0.15, -0.1) is 0 Å². The first-order valence-corrected chi connectivity index (χ1v) is 6.59. The van der Waals surface area contributed by atoms with Crippen molar-refractivity contribution in [3.63, 3.8) is 0 Å². The highest BCUT2D eigenvalue weighted by atomic mass is 16.5. The largest absolute Gasteiger partial charge is 0.468 e. The van der Waals surface area contributed by atoms with Crippen molar-refractivity contribution in [1.29, 1.82) is 0 Å². The average molecular weight is 264 g/mol. The molecule has 0 unspecified atom stereocenters. The van der Waals surface area contributed by atoms with E-state index in [9.17, 15) is 4.79 Å². The van der Waals surface area contributed by atoms with Crippen LogP contribution in [0, 0.1) is 0 Å². The molecule has 1 aromatic carbocycles. The highest BCUT2D eigenvalue weighted by molar-refractivity contribution is 5.75. The Bertz CT molecular complexity index is 381. The van der Waals surface area contributed by atoms with Gasteiger partial charge >= 0.3 is 5.97 Å². The number of ether oxygens (including phenoxy) is 1. The first-order valence-electron chi connectivity index (χ1n) is 6.59. The predicted molar refractivity (Wildman–Crippen MR) is 76.9 cm³/mol. The molecule has 4 heteroatoms. The van der Waals surface area contributed by atoms with Gasteiger partial charge in [0.05, 0.1) is 7.11 Å². The van der Waals surface area contributed by atoms with E-state index in [0.29, 0.717) is 0 Å². The molecule has 0 amide bonds. The van der Waals surface area contributed by atoms with Crippen LogP contribution in [0.15, 0.2) is 30.3 Å². The van der Waals surface area contributed by atoms with E-state index in [-0.39, 0.29) is 18.1 Å². The number of hydrogen-bond acceptors (Lipinski definition) is 4. The zero-order valence-corrected chi connectivity index (χ0v) is 12.2. The van der Waals surface area contributed by atoms with Crippen LogP contribution in [0.5, 0.6) is 0 Å². The Balaban J connectivity index is 2.35. The molecule has 4 nitrogen and oxygen atoms in total. The number of carbonyl (C=O) groups excluding carboxylic acids is 1. The topological polar surface area (TPSA) is 41.6 Å². The van der Waals surface area contributed by atoms with Crippen molar-refractivity contribution >= 4 is 5.97 Å². The third kappa shape index (κ3) is 5.85. The van der Waals surface area contributed by atoms with Crippen molar-refractivity contribution in [2.75, 3.05) is 20.7 Å². The summed E-state index contributed by atoms with van der Waals surface area (Å²) in [4.78, 5) is 13.6. The van der Waals surface area contributed by atoms with Crippen LogP contribution in [0.25, 0.3) is 0 Å². The Morgan fingerprint density at radius 1 is 1.32 bits per heavy atom. The Kier molecular flexibility index (Phi) is 6.53. The first-order chi connectivity index (χ1) is 9.02. The summed E-state index contributed by atoms with van der Waals surface area (Å²) in [5, 5.41) is 3.23. The van der Waals surface area contributed by atoms with Gasteiger partial charge in [0, 0.05) is 19.1 Å². The van der Waals surface area contributed by atoms with Crippen molar-refractivity contribution in [2.24, 2.45) is 0 Å². The van der Waals surface area contributed by atoms with Crippen LogP contribution in [0.1, 0.15) is 19.4 Å². The van der Waals surface area contributed by atoms with Crippen LogP contribution in [-0.2, 0) is 16.1 Å². The molecule has 0 aromatic heterocycles. The fourth-order valence-corrected chi connectivity index (χ4v) is 2.15. The van der Waals surface area contributed by atoms with Gasteiger partial charge in [-0.25, -0.2) is 0 Å². The number of hydrogen-bond donors (Lipinski definition) is 1. The van der Waals surface area contributed by atoms with Gasteiger partial charge in [-0.2, -0.15) is 0 Å². The monoisotopic (exact) mass is 264 g/mol. The summed E-state index contributed by atoms with van der Waals surface area (Å²) in [5.74, 6) is -0.224. The molecule has 0 aliphatic heterocycles. The SMILES string of the molecule is COC(=O)[C@H](C)N[C@@H](C)CN(C)Cc1ccccc1. The molecule has 1 rings (SSSR count). The van der Waals surface area contributed by atoms with E-state index < -0.39 is 0 Å². The molecule has 1 N–H and O–H groups in total. The van der Waals surface area contributed by atoms with Crippen LogP contribution in [0.3, 0.4) is 0 Å². The highest BCUT2D eigenvalue weighted by Crippen LogP contribution is 2.03. The molecule has 0 fully saturated rings. The molecule has 2 atom stereocenters. The quantitative estimate of drug-likeness (QED) is 0.761. The minimum absolute atomic E-state index is 0.224. The lowest BCUT2D eigenvalue weighted by Crippen LogP contribution is -2.45. The molecule has 0 saturated heterocycles. The number of benzene rings is 1. The minimum Gasteiger partial charge on any atom is -0.468 e. The smallest absolute Gasteiger partial charge is 0.322 e. The van der Waals surface area contributed by atoms with Gasteiger partial charge in [-0.1, -0.05) is 30.3 Å². The van der Waals surface area contributed by atoms with Gasteiger partial charge in [-0.3, -0.25) is 4.79 Å². The summed E-state index contributed by atoms with van der Waals surface area (Å²) < 4.78 is 4.70. The zero-order valence-electron chi connectivity index (χ0n) is 12.2. The van der Waals surface area contributed by atoms with E-state index in [1.54, 1.807) is 0 Å². The summed E-state index contributed by atoms with van der Waals surface area (Å²) in [6.07, 6.45) is 0. The van der Waals surface area contributed by atoms with Crippen LogP contribution in [-0.4, -0.2) is 43.7 Å². The summed E-state index contributed by atoms with van der Waals surface area (Å²) in [6, 6.07) is 10.3. The van der Waals surface area contributed by atoms with Gasteiger partial charge < -0.3 is 15.0 Å². The fraction of sp³-hybridized carbons (Fsp3) is 0.533. The van der Waals surface area contributed by atoms with Crippen LogP contribution in [0.4, 0.5) is 0 Å². The molecular formula is C15H24N2O2. The normalized spacial score (nSPS) is 14.2. The van der Waals surface area contributed by atoms with Crippen LogP contribution < -0.4 is 5.32 Å². The number of rotatable bonds is 7. The van der Waals surface area contributed by atoms with E-state index in [1.807, 2.05) is 25.1 Å². The zero-order chi connectivity index (χ0) is 14.3. The molecule has 106 valence electrons. The first kappa shape index (κ1) is 15.7. The predicted octanol–water partition coefficient (Wildman–Crippen LogP) is 1.66. The third-order valence-electron chi connectivity index (χ3n) is 2.97. The molecule has 0 aliphatic carbocycles. The van der Waals surface area contributed by atoms with Gasteiger partial charge in [0.25, 0.3) is 0 Å². The van der Waals surface area contributed by atoms with E-state index in [2.05, 4.69) is 36.3 Å². The molecule has 1 aromatic rings. The second-order valence-corrected chi connectivity index (χ2v) is 4.99. The van der Waals surface area contributed by atoms with Crippen LogP contribution in [0.2, 0.25) is 0 Å². The lowest BCUT2D eigenvalue weighted by Gasteiger charge is -2.24. The van der Waals surface area contributed by atoms with Crippen molar-refractivity contribution in [3.8, 4) is 0 Å². The molecule has 0 heterocycles. The van der Waals surface area contributed by atoms with Crippen molar-refractivity contribution in [3.05, 3.63) is 35.9 Å². The average Bonchev–Trinajstić information content (AvgIpc) is 2.38. The summed E-state index contributed by atoms with van der Waals surface area (Å²) >= 11 is 0. The highest BCUT2D eigenvalue weighted by Gasteiger charge is 2.16. The van der Waals surface area contributed by atoms with Gasteiger partial charge in [0.2, 0.25) is 0 Å². The lowest BCUT2D eigenvalue weighted by atomic mass is 10.2. The molecule has 0 aliphatic rings. The standard InChI is InChI=1S/C15H24N2O2/c1-12(16-13(2)15(18)19-4)10-17(3)11-14-8-6-5-7-9-14/h5-9,12-13,16H,10-11H2,1-4H3/t12-,13-/m0/s1. The Hall–Kier alpha value is -1.39. The molecule has 0 bridgehead atoms. The summed E-state index contributed by atoms with van der Waals surface area (Å²) in [7, 11) is 3.49. The Morgan fingerprint density at radius 2 is 1.95 bits per heavy atom. The summed E-state index contributed by atoms with van der Waals surface area (Å²) in [6.45, 7) is 5.66. The molecule has 19 heavy (non-hydrogen) atoms. The molecule has 0 saturated carbocycles.